The summed E-state index contributed by atoms with van der Waals surface area (Å²) in [6.07, 6.45) is 0. The Morgan fingerprint density at radius 1 is 0.846 bits per heavy atom. The molecular formula is C21H29O4P. The van der Waals surface area contributed by atoms with Crippen LogP contribution in [0.25, 0.3) is 10.8 Å². The quantitative estimate of drug-likeness (QED) is 0.555. The monoisotopic (exact) mass is 376 g/mol. The Bertz CT molecular complexity index is 801. The van der Waals surface area contributed by atoms with Crippen molar-refractivity contribution in [2.75, 3.05) is 13.2 Å². The zero-order valence-corrected chi connectivity index (χ0v) is 17.4. The van der Waals surface area contributed by atoms with Crippen molar-refractivity contribution in [1.29, 1.82) is 0 Å². The van der Waals surface area contributed by atoms with E-state index in [1.54, 1.807) is 12.1 Å². The number of carbonyl (C=O) groups excluding carboxylic acids is 1. The standard InChI is InChI=1S/C21H29O4P/c1-20(2,3)14-24-26(23,25-15-21(4,5)6)19(22)18-13-9-11-16-10-7-8-12-17(16)18/h7-13H,14-15H2,1-6H3. The molecule has 0 aliphatic carbocycles. The van der Waals surface area contributed by atoms with Crippen LogP contribution in [-0.2, 0) is 13.6 Å². The van der Waals surface area contributed by atoms with Crippen LogP contribution in [-0.4, -0.2) is 18.7 Å². The molecule has 142 valence electrons. The van der Waals surface area contributed by atoms with Gasteiger partial charge in [-0.1, -0.05) is 84.0 Å². The zero-order chi connectivity index (χ0) is 19.6. The average molecular weight is 376 g/mol. The van der Waals surface area contributed by atoms with Crippen molar-refractivity contribution < 1.29 is 18.4 Å². The summed E-state index contributed by atoms with van der Waals surface area (Å²) in [5, 5.41) is 1.66. The van der Waals surface area contributed by atoms with Crippen molar-refractivity contribution >= 4 is 23.9 Å². The maximum Gasteiger partial charge on any atom is 0.401 e. The topological polar surface area (TPSA) is 52.6 Å². The molecule has 0 saturated heterocycles. The van der Waals surface area contributed by atoms with E-state index in [0.29, 0.717) is 5.56 Å². The van der Waals surface area contributed by atoms with Crippen LogP contribution in [0.2, 0.25) is 0 Å². The molecule has 0 aromatic heterocycles. The summed E-state index contributed by atoms with van der Waals surface area (Å²) in [4.78, 5) is 13.2. The Kier molecular flexibility index (Phi) is 6.12. The first kappa shape index (κ1) is 20.8. The van der Waals surface area contributed by atoms with E-state index >= 15 is 0 Å². The number of carbonyl (C=O) groups is 1. The van der Waals surface area contributed by atoms with Gasteiger partial charge >= 0.3 is 7.60 Å². The maximum absolute atomic E-state index is 13.5. The molecular weight excluding hydrogens is 347 g/mol. The largest absolute Gasteiger partial charge is 0.401 e. The lowest BCUT2D eigenvalue weighted by molar-refractivity contribution is 0.0902. The van der Waals surface area contributed by atoms with Gasteiger partial charge in [0.2, 0.25) is 0 Å². The molecule has 0 saturated carbocycles. The van der Waals surface area contributed by atoms with Crippen LogP contribution in [0.5, 0.6) is 0 Å². The number of rotatable bonds is 6. The predicted octanol–water partition coefficient (Wildman–Crippen LogP) is 6.30. The second kappa shape index (κ2) is 7.64. The normalized spacial score (nSPS) is 13.2. The first-order chi connectivity index (χ1) is 11.9. The number of hydrogen-bond donors (Lipinski definition) is 0. The van der Waals surface area contributed by atoms with E-state index in [2.05, 4.69) is 0 Å². The zero-order valence-electron chi connectivity index (χ0n) is 16.5. The molecule has 0 aliphatic heterocycles. The van der Waals surface area contributed by atoms with E-state index in [9.17, 15) is 9.36 Å². The van der Waals surface area contributed by atoms with E-state index in [4.69, 9.17) is 9.05 Å². The first-order valence-corrected chi connectivity index (χ1v) is 10.4. The molecule has 0 radical (unpaired) electrons. The van der Waals surface area contributed by atoms with Crippen molar-refractivity contribution in [1.82, 2.24) is 0 Å². The van der Waals surface area contributed by atoms with Gasteiger partial charge in [0.1, 0.15) is 0 Å². The lowest BCUT2D eigenvalue weighted by atomic mass is 9.99. The minimum atomic E-state index is -3.97. The van der Waals surface area contributed by atoms with Gasteiger partial charge in [0.05, 0.1) is 13.2 Å². The van der Waals surface area contributed by atoms with Gasteiger partial charge < -0.3 is 9.05 Å². The smallest absolute Gasteiger partial charge is 0.302 e. The van der Waals surface area contributed by atoms with Gasteiger partial charge in [-0.15, -0.1) is 0 Å². The molecule has 4 nitrogen and oxygen atoms in total. The highest BCUT2D eigenvalue weighted by Crippen LogP contribution is 2.53. The fourth-order valence-corrected chi connectivity index (χ4v) is 4.18. The number of hydrogen-bond acceptors (Lipinski definition) is 4. The third-order valence-electron chi connectivity index (χ3n) is 3.60. The highest BCUT2D eigenvalue weighted by molar-refractivity contribution is 7.72. The van der Waals surface area contributed by atoms with Gasteiger partial charge in [-0.2, -0.15) is 0 Å². The van der Waals surface area contributed by atoms with Gasteiger partial charge in [0.25, 0.3) is 5.52 Å². The number of benzene rings is 2. The highest BCUT2D eigenvalue weighted by Gasteiger charge is 2.39. The molecule has 0 unspecified atom stereocenters. The lowest BCUT2D eigenvalue weighted by Gasteiger charge is -2.26. The summed E-state index contributed by atoms with van der Waals surface area (Å²) in [6.45, 7) is 12.1. The van der Waals surface area contributed by atoms with Gasteiger partial charge in [-0.25, -0.2) is 0 Å². The average Bonchev–Trinajstić information content (AvgIpc) is 2.56. The summed E-state index contributed by atoms with van der Waals surface area (Å²) in [6, 6.07) is 12.9. The van der Waals surface area contributed by atoms with E-state index < -0.39 is 13.1 Å². The third-order valence-corrected chi connectivity index (χ3v) is 5.28. The van der Waals surface area contributed by atoms with E-state index in [1.807, 2.05) is 71.9 Å². The molecule has 2 aromatic carbocycles. The fourth-order valence-electron chi connectivity index (χ4n) is 2.27. The second-order valence-electron chi connectivity index (χ2n) is 9.00. The van der Waals surface area contributed by atoms with Crippen molar-refractivity contribution in [3.63, 3.8) is 0 Å². The molecule has 0 spiro atoms. The highest BCUT2D eigenvalue weighted by atomic mass is 31.2. The van der Waals surface area contributed by atoms with Crippen LogP contribution in [0, 0.1) is 10.8 Å². The summed E-state index contributed by atoms with van der Waals surface area (Å²) < 4.78 is 24.7. The molecule has 0 heterocycles. The van der Waals surface area contributed by atoms with Crippen LogP contribution in [0.3, 0.4) is 0 Å². The Morgan fingerprint density at radius 3 is 1.88 bits per heavy atom. The van der Waals surface area contributed by atoms with Crippen molar-refractivity contribution in [2.24, 2.45) is 10.8 Å². The molecule has 2 aromatic rings. The van der Waals surface area contributed by atoms with Gasteiger partial charge in [-0.3, -0.25) is 9.36 Å². The molecule has 0 aliphatic rings. The van der Waals surface area contributed by atoms with Crippen LogP contribution >= 0.6 is 7.60 Å². The Hall–Kier alpha value is -1.48. The summed E-state index contributed by atoms with van der Waals surface area (Å²) in [5.41, 5.74) is -0.684. The molecule has 26 heavy (non-hydrogen) atoms. The lowest BCUT2D eigenvalue weighted by Crippen LogP contribution is -2.20. The van der Waals surface area contributed by atoms with Crippen molar-refractivity contribution in [3.8, 4) is 0 Å². The fraction of sp³-hybridized carbons (Fsp3) is 0.476. The van der Waals surface area contributed by atoms with Gasteiger partial charge in [-0.05, 0) is 21.6 Å². The summed E-state index contributed by atoms with van der Waals surface area (Å²) in [7, 11) is -3.97. The van der Waals surface area contributed by atoms with E-state index in [-0.39, 0.29) is 24.0 Å². The maximum atomic E-state index is 13.5. The Balaban J connectivity index is 2.42. The van der Waals surface area contributed by atoms with Gasteiger partial charge in [0.15, 0.2) is 0 Å². The second-order valence-corrected chi connectivity index (χ2v) is 10.9. The molecule has 2 rings (SSSR count). The van der Waals surface area contributed by atoms with E-state index in [1.165, 1.54) is 0 Å². The minimum Gasteiger partial charge on any atom is -0.302 e. The summed E-state index contributed by atoms with van der Waals surface area (Å²) >= 11 is 0. The molecule has 0 N–H and O–H groups in total. The number of fused-ring (bicyclic) bond motifs is 1. The van der Waals surface area contributed by atoms with Crippen molar-refractivity contribution in [3.05, 3.63) is 48.0 Å². The molecule has 5 heteroatoms. The molecule has 0 bridgehead atoms. The third kappa shape index (κ3) is 5.51. The SMILES string of the molecule is CC(C)(C)COP(=O)(OCC(C)(C)C)C(=O)c1cccc2ccccc12. The van der Waals surface area contributed by atoms with Gasteiger partial charge in [0, 0.05) is 5.56 Å². The Morgan fingerprint density at radius 2 is 1.35 bits per heavy atom. The van der Waals surface area contributed by atoms with Crippen LogP contribution in [0.15, 0.2) is 42.5 Å². The van der Waals surface area contributed by atoms with Crippen LogP contribution in [0.1, 0.15) is 51.9 Å². The first-order valence-electron chi connectivity index (χ1n) is 8.83. The Labute approximate surface area is 156 Å². The molecule has 0 fully saturated rings. The predicted molar refractivity (Wildman–Crippen MR) is 107 cm³/mol. The summed E-state index contributed by atoms with van der Waals surface area (Å²) in [5.74, 6) is 0. The van der Waals surface area contributed by atoms with E-state index in [0.717, 1.165) is 10.8 Å². The molecule has 0 atom stereocenters. The van der Waals surface area contributed by atoms with Crippen molar-refractivity contribution in [2.45, 2.75) is 41.5 Å². The molecule has 0 amide bonds. The van der Waals surface area contributed by atoms with Crippen LogP contribution < -0.4 is 0 Å². The van der Waals surface area contributed by atoms with Crippen LogP contribution in [0.4, 0.5) is 0 Å². The minimum absolute atomic E-state index is 0.172.